The first-order valence-corrected chi connectivity index (χ1v) is 8.21. The van der Waals surface area contributed by atoms with E-state index in [-0.39, 0.29) is 12.0 Å². The van der Waals surface area contributed by atoms with Gasteiger partial charge < -0.3 is 14.8 Å². The second kappa shape index (κ2) is 6.81. The Hall–Kier alpha value is -1.05. The van der Waals surface area contributed by atoms with Crippen LogP contribution >= 0.6 is 39.9 Å². The molecule has 2 rings (SSSR count). The molecule has 0 atom stereocenters. The van der Waals surface area contributed by atoms with Crippen molar-refractivity contribution < 1.29 is 14.3 Å². The van der Waals surface area contributed by atoms with Crippen LogP contribution in [0.5, 0.6) is 11.5 Å². The van der Waals surface area contributed by atoms with E-state index >= 15 is 0 Å². The van der Waals surface area contributed by atoms with Gasteiger partial charge >= 0.3 is 0 Å². The normalized spacial score (nSPS) is 16.5. The molecule has 1 fully saturated rings. The highest BCUT2D eigenvalue weighted by Crippen LogP contribution is 2.38. The van der Waals surface area contributed by atoms with Crippen molar-refractivity contribution in [3.8, 4) is 11.5 Å². The van der Waals surface area contributed by atoms with E-state index < -0.39 is 0 Å². The van der Waals surface area contributed by atoms with E-state index in [0.717, 1.165) is 10.0 Å². The van der Waals surface area contributed by atoms with Gasteiger partial charge in [0.05, 0.1) is 22.6 Å². The fourth-order valence-corrected chi connectivity index (χ4v) is 3.34. The Morgan fingerprint density at radius 2 is 2.14 bits per heavy atom. The molecular weight excluding hydrogens is 374 g/mol. The van der Waals surface area contributed by atoms with Gasteiger partial charge in [-0.1, -0.05) is 24.0 Å². The fraction of sp³-hybridized carbons (Fsp3) is 0.286. The number of amides is 1. The molecular formula is C14H14BrNO3S2. The number of methoxy groups -OCH3 is 1. The first-order valence-electron chi connectivity index (χ1n) is 6.19. The third kappa shape index (κ3) is 3.99. The molecule has 21 heavy (non-hydrogen) atoms. The third-order valence-electron chi connectivity index (χ3n) is 2.55. The van der Waals surface area contributed by atoms with E-state index in [1.54, 1.807) is 13.2 Å². The first-order chi connectivity index (χ1) is 9.90. The highest BCUT2D eigenvalue weighted by atomic mass is 79.9. The van der Waals surface area contributed by atoms with Crippen LogP contribution in [0, 0.1) is 0 Å². The number of thioether (sulfide) groups is 1. The maximum atomic E-state index is 11.7. The Labute approximate surface area is 141 Å². The molecule has 0 saturated carbocycles. The van der Waals surface area contributed by atoms with Crippen LogP contribution in [-0.4, -0.2) is 23.4 Å². The lowest BCUT2D eigenvalue weighted by Gasteiger charge is -2.16. The minimum absolute atomic E-state index is 0.0351. The largest absolute Gasteiger partial charge is 0.493 e. The molecule has 0 aromatic heterocycles. The summed E-state index contributed by atoms with van der Waals surface area (Å²) in [5.74, 6) is 1.08. The molecule has 112 valence electrons. The zero-order valence-corrected chi connectivity index (χ0v) is 14.9. The smallest absolute Gasteiger partial charge is 0.263 e. The Bertz CT molecular complexity index is 629. The van der Waals surface area contributed by atoms with Crippen LogP contribution < -0.4 is 14.8 Å². The van der Waals surface area contributed by atoms with Gasteiger partial charge in [0.25, 0.3) is 5.91 Å². The Balaban J connectivity index is 2.38. The summed E-state index contributed by atoms with van der Waals surface area (Å²) in [6.45, 7) is 3.89. The van der Waals surface area contributed by atoms with Crippen LogP contribution in [0.25, 0.3) is 6.08 Å². The van der Waals surface area contributed by atoms with Gasteiger partial charge in [-0.15, -0.1) is 0 Å². The van der Waals surface area contributed by atoms with Crippen LogP contribution in [0.15, 0.2) is 21.5 Å². The molecule has 1 saturated heterocycles. The number of thiocarbonyl (C=S) groups is 1. The SMILES string of the molecule is COc1cc(/C=C2/SC(=S)NC2=O)cc(Br)c1OC(C)C. The topological polar surface area (TPSA) is 47.6 Å². The summed E-state index contributed by atoms with van der Waals surface area (Å²) >= 11 is 9.69. The number of ether oxygens (including phenoxy) is 2. The van der Waals surface area contributed by atoms with Gasteiger partial charge in [0.1, 0.15) is 4.32 Å². The Morgan fingerprint density at radius 1 is 1.43 bits per heavy atom. The Kier molecular flexibility index (Phi) is 5.29. The molecule has 7 heteroatoms. The highest BCUT2D eigenvalue weighted by molar-refractivity contribution is 9.10. The van der Waals surface area contributed by atoms with Crippen LogP contribution in [0.3, 0.4) is 0 Å². The van der Waals surface area contributed by atoms with E-state index in [1.807, 2.05) is 26.0 Å². The number of nitrogens with one attached hydrogen (secondary N) is 1. The van der Waals surface area contributed by atoms with Gasteiger partial charge in [-0.25, -0.2) is 0 Å². The summed E-state index contributed by atoms with van der Waals surface area (Å²) in [6.07, 6.45) is 1.80. The molecule has 1 N–H and O–H groups in total. The molecule has 0 radical (unpaired) electrons. The van der Waals surface area contributed by atoms with Crippen molar-refractivity contribution in [2.24, 2.45) is 0 Å². The van der Waals surface area contributed by atoms with Gasteiger partial charge in [-0.2, -0.15) is 0 Å². The lowest BCUT2D eigenvalue weighted by Crippen LogP contribution is -2.17. The van der Waals surface area contributed by atoms with E-state index in [1.165, 1.54) is 11.8 Å². The number of halogens is 1. The lowest BCUT2D eigenvalue weighted by atomic mass is 10.2. The number of carbonyl (C=O) groups is 1. The predicted octanol–water partition coefficient (Wildman–Crippen LogP) is 3.73. The second-order valence-corrected chi connectivity index (χ2v) is 7.13. The summed E-state index contributed by atoms with van der Waals surface area (Å²) in [4.78, 5) is 12.2. The van der Waals surface area contributed by atoms with Crippen molar-refractivity contribution in [3.63, 3.8) is 0 Å². The van der Waals surface area contributed by atoms with E-state index in [4.69, 9.17) is 21.7 Å². The van der Waals surface area contributed by atoms with Crippen molar-refractivity contribution in [2.45, 2.75) is 20.0 Å². The lowest BCUT2D eigenvalue weighted by molar-refractivity contribution is -0.115. The van der Waals surface area contributed by atoms with Gasteiger partial charge in [0.15, 0.2) is 11.5 Å². The zero-order valence-electron chi connectivity index (χ0n) is 11.7. The summed E-state index contributed by atoms with van der Waals surface area (Å²) < 4.78 is 12.3. The first kappa shape index (κ1) is 16.3. The molecule has 1 aromatic carbocycles. The molecule has 4 nitrogen and oxygen atoms in total. The molecule has 1 aliphatic rings. The van der Waals surface area contributed by atoms with Crippen molar-refractivity contribution in [3.05, 3.63) is 27.1 Å². The van der Waals surface area contributed by atoms with Crippen LogP contribution in [0.1, 0.15) is 19.4 Å². The quantitative estimate of drug-likeness (QED) is 0.629. The van der Waals surface area contributed by atoms with Crippen LogP contribution in [0.2, 0.25) is 0 Å². The number of carbonyl (C=O) groups excluding carboxylic acids is 1. The third-order valence-corrected chi connectivity index (χ3v) is 4.30. The van der Waals surface area contributed by atoms with Crippen molar-refractivity contribution >= 4 is 56.2 Å². The van der Waals surface area contributed by atoms with Crippen LogP contribution in [-0.2, 0) is 4.79 Å². The van der Waals surface area contributed by atoms with Crippen molar-refractivity contribution in [1.29, 1.82) is 0 Å². The summed E-state index contributed by atoms with van der Waals surface area (Å²) in [6, 6.07) is 3.70. The standard InChI is InChI=1S/C14H14BrNO3S2/c1-7(2)19-12-9(15)4-8(5-10(12)18-3)6-11-13(17)16-14(20)21-11/h4-7H,1-3H3,(H,16,17,20)/b11-6+. The number of hydrogen-bond donors (Lipinski definition) is 1. The minimum Gasteiger partial charge on any atom is -0.493 e. The van der Waals surface area contributed by atoms with Gasteiger partial charge in [0, 0.05) is 0 Å². The van der Waals surface area contributed by atoms with E-state index in [9.17, 15) is 4.79 Å². The second-order valence-electron chi connectivity index (χ2n) is 4.55. The summed E-state index contributed by atoms with van der Waals surface area (Å²) in [5, 5.41) is 2.59. The summed E-state index contributed by atoms with van der Waals surface area (Å²) in [7, 11) is 1.58. The number of rotatable bonds is 4. The van der Waals surface area contributed by atoms with Crippen molar-refractivity contribution in [1.82, 2.24) is 5.32 Å². The van der Waals surface area contributed by atoms with E-state index in [2.05, 4.69) is 21.2 Å². The maximum Gasteiger partial charge on any atom is 0.263 e. The number of benzene rings is 1. The predicted molar refractivity (Wildman–Crippen MR) is 92.8 cm³/mol. The average molecular weight is 388 g/mol. The maximum absolute atomic E-state index is 11.7. The molecule has 0 aliphatic carbocycles. The van der Waals surface area contributed by atoms with Crippen LogP contribution in [0.4, 0.5) is 0 Å². The Morgan fingerprint density at radius 3 is 2.67 bits per heavy atom. The average Bonchev–Trinajstić information content (AvgIpc) is 2.70. The van der Waals surface area contributed by atoms with Gasteiger partial charge in [-0.05, 0) is 53.5 Å². The van der Waals surface area contributed by atoms with Gasteiger partial charge in [-0.3, -0.25) is 4.79 Å². The molecule has 1 aromatic rings. The molecule has 0 bridgehead atoms. The molecule has 1 amide bonds. The highest BCUT2D eigenvalue weighted by Gasteiger charge is 2.22. The monoisotopic (exact) mass is 387 g/mol. The summed E-state index contributed by atoms with van der Waals surface area (Å²) in [5.41, 5.74) is 0.831. The van der Waals surface area contributed by atoms with Crippen molar-refractivity contribution in [2.75, 3.05) is 7.11 Å². The van der Waals surface area contributed by atoms with Gasteiger partial charge in [0.2, 0.25) is 0 Å². The number of hydrogen-bond acceptors (Lipinski definition) is 5. The van der Waals surface area contributed by atoms with E-state index in [0.29, 0.717) is 20.7 Å². The molecule has 1 aliphatic heterocycles. The molecule has 0 unspecified atom stereocenters. The molecule has 0 spiro atoms. The fourth-order valence-electron chi connectivity index (χ4n) is 1.75. The zero-order chi connectivity index (χ0) is 15.6. The molecule has 1 heterocycles. The minimum atomic E-state index is -0.178.